The van der Waals surface area contributed by atoms with Gasteiger partial charge in [-0.3, -0.25) is 4.79 Å². The van der Waals surface area contributed by atoms with Crippen molar-refractivity contribution in [2.24, 2.45) is 7.05 Å². The summed E-state index contributed by atoms with van der Waals surface area (Å²) >= 11 is 1.19. The van der Waals surface area contributed by atoms with Crippen LogP contribution >= 0.6 is 11.8 Å². The van der Waals surface area contributed by atoms with Crippen molar-refractivity contribution >= 4 is 51.4 Å². The van der Waals surface area contributed by atoms with Crippen LogP contribution in [0.25, 0.3) is 22.1 Å². The number of benzene rings is 2. The smallest absolute Gasteiger partial charge is 0.335 e. The van der Waals surface area contributed by atoms with E-state index in [1.165, 1.54) is 23.9 Å². The Kier molecular flexibility index (Phi) is 4.66. The largest absolute Gasteiger partial charge is 0.478 e. The molecule has 2 aromatic heterocycles. The Labute approximate surface area is 163 Å². The van der Waals surface area contributed by atoms with Gasteiger partial charge in [0.2, 0.25) is 11.1 Å². The predicted molar refractivity (Wildman–Crippen MR) is 107 cm³/mol. The molecule has 8 nitrogen and oxygen atoms in total. The van der Waals surface area contributed by atoms with E-state index in [1.54, 1.807) is 12.1 Å². The van der Waals surface area contributed by atoms with E-state index in [0.717, 1.165) is 16.4 Å². The molecule has 2 N–H and O–H groups in total. The van der Waals surface area contributed by atoms with Crippen LogP contribution in [-0.4, -0.2) is 42.5 Å². The van der Waals surface area contributed by atoms with E-state index in [4.69, 9.17) is 5.11 Å². The monoisotopic (exact) mass is 393 g/mol. The second-order valence-electron chi connectivity index (χ2n) is 6.06. The number of anilines is 1. The summed E-state index contributed by atoms with van der Waals surface area (Å²) in [4.78, 5) is 27.5. The van der Waals surface area contributed by atoms with Crippen LogP contribution in [0.4, 0.5) is 5.69 Å². The first kappa shape index (κ1) is 17.9. The number of para-hydroxylation sites is 1. The summed E-state index contributed by atoms with van der Waals surface area (Å²) in [5.74, 6) is -1.15. The molecule has 0 fully saturated rings. The summed E-state index contributed by atoms with van der Waals surface area (Å²) in [7, 11) is 1.92. The predicted octanol–water partition coefficient (Wildman–Crippen LogP) is 2.95. The van der Waals surface area contributed by atoms with Crippen LogP contribution in [0, 0.1) is 0 Å². The van der Waals surface area contributed by atoms with Gasteiger partial charge in [-0.1, -0.05) is 30.0 Å². The maximum Gasteiger partial charge on any atom is 0.335 e. The van der Waals surface area contributed by atoms with Gasteiger partial charge in [-0.15, -0.1) is 10.2 Å². The third-order valence-electron chi connectivity index (χ3n) is 4.24. The van der Waals surface area contributed by atoms with Gasteiger partial charge in [-0.25, -0.2) is 9.78 Å². The molecule has 0 aliphatic carbocycles. The number of hydrogen-bond acceptors (Lipinski definition) is 6. The SMILES string of the molecule is Cn1c2ccccc2c2nnc(SCC(=O)Nc3ccc(C(=O)O)cc3)nc21. The lowest BCUT2D eigenvalue weighted by Gasteiger charge is -2.05. The van der Waals surface area contributed by atoms with Gasteiger partial charge in [0.25, 0.3) is 0 Å². The van der Waals surface area contributed by atoms with E-state index in [1.807, 2.05) is 35.9 Å². The number of carboxylic acid groups (broad SMARTS) is 1. The molecule has 0 saturated heterocycles. The number of carbonyl (C=O) groups is 2. The summed E-state index contributed by atoms with van der Waals surface area (Å²) in [6.45, 7) is 0. The van der Waals surface area contributed by atoms with E-state index < -0.39 is 5.97 Å². The molecule has 140 valence electrons. The molecule has 2 aromatic carbocycles. The number of carbonyl (C=O) groups excluding carboxylic acids is 1. The molecule has 1 amide bonds. The summed E-state index contributed by atoms with van der Waals surface area (Å²) in [5.41, 5.74) is 3.15. The lowest BCUT2D eigenvalue weighted by Crippen LogP contribution is -2.14. The third kappa shape index (κ3) is 3.39. The first-order valence-corrected chi connectivity index (χ1v) is 9.35. The van der Waals surface area contributed by atoms with Gasteiger partial charge >= 0.3 is 5.97 Å². The van der Waals surface area contributed by atoms with Crippen molar-refractivity contribution in [3.8, 4) is 0 Å². The molecule has 0 aliphatic heterocycles. The second-order valence-corrected chi connectivity index (χ2v) is 7.00. The van der Waals surface area contributed by atoms with Gasteiger partial charge in [0, 0.05) is 18.1 Å². The molecule has 4 rings (SSSR count). The van der Waals surface area contributed by atoms with Crippen molar-refractivity contribution in [1.82, 2.24) is 19.7 Å². The zero-order valence-corrected chi connectivity index (χ0v) is 15.6. The molecule has 2 heterocycles. The number of nitrogens with one attached hydrogen (secondary N) is 1. The normalized spacial score (nSPS) is 11.0. The number of fused-ring (bicyclic) bond motifs is 3. The van der Waals surface area contributed by atoms with E-state index in [-0.39, 0.29) is 17.2 Å². The van der Waals surface area contributed by atoms with Crippen molar-refractivity contribution in [2.75, 3.05) is 11.1 Å². The van der Waals surface area contributed by atoms with Gasteiger partial charge in [0.1, 0.15) is 5.52 Å². The Bertz CT molecular complexity index is 1200. The van der Waals surface area contributed by atoms with Gasteiger partial charge in [-0.05, 0) is 30.3 Å². The van der Waals surface area contributed by atoms with E-state index in [2.05, 4.69) is 20.5 Å². The minimum absolute atomic E-state index is 0.109. The van der Waals surface area contributed by atoms with E-state index >= 15 is 0 Å². The maximum atomic E-state index is 12.1. The van der Waals surface area contributed by atoms with Crippen LogP contribution in [0.5, 0.6) is 0 Å². The van der Waals surface area contributed by atoms with Gasteiger partial charge in [0.05, 0.1) is 16.8 Å². The van der Waals surface area contributed by atoms with E-state index in [0.29, 0.717) is 16.5 Å². The van der Waals surface area contributed by atoms with Crippen molar-refractivity contribution in [2.45, 2.75) is 5.16 Å². The number of amides is 1. The Balaban J connectivity index is 1.46. The zero-order valence-electron chi connectivity index (χ0n) is 14.8. The Morgan fingerprint density at radius 3 is 2.61 bits per heavy atom. The molecule has 0 atom stereocenters. The fraction of sp³-hybridized carbons (Fsp3) is 0.105. The first-order valence-electron chi connectivity index (χ1n) is 8.37. The third-order valence-corrected chi connectivity index (χ3v) is 5.07. The highest BCUT2D eigenvalue weighted by Crippen LogP contribution is 2.25. The number of aryl methyl sites for hydroxylation is 1. The molecule has 0 saturated carbocycles. The molecule has 0 spiro atoms. The molecule has 0 bridgehead atoms. The van der Waals surface area contributed by atoms with Crippen LogP contribution in [-0.2, 0) is 11.8 Å². The summed E-state index contributed by atoms with van der Waals surface area (Å²) in [5, 5.41) is 21.4. The van der Waals surface area contributed by atoms with Crippen LogP contribution in [0.15, 0.2) is 53.7 Å². The van der Waals surface area contributed by atoms with Crippen LogP contribution in [0.3, 0.4) is 0 Å². The number of rotatable bonds is 5. The maximum absolute atomic E-state index is 12.1. The van der Waals surface area contributed by atoms with Crippen molar-refractivity contribution in [1.29, 1.82) is 0 Å². The van der Waals surface area contributed by atoms with Gasteiger partial charge < -0.3 is 15.0 Å². The first-order chi connectivity index (χ1) is 13.5. The standard InChI is InChI=1S/C19H15N5O3S/c1-24-14-5-3-2-4-13(14)16-17(24)21-19(23-22-16)28-10-15(25)20-12-8-6-11(7-9-12)18(26)27/h2-9H,10H2,1H3,(H,20,25)(H,26,27). The number of aromatic carboxylic acids is 1. The molecular weight excluding hydrogens is 378 g/mol. The quantitative estimate of drug-likeness (QED) is 0.502. The molecule has 0 unspecified atom stereocenters. The Morgan fingerprint density at radius 2 is 1.86 bits per heavy atom. The highest BCUT2D eigenvalue weighted by Gasteiger charge is 2.13. The van der Waals surface area contributed by atoms with Crippen molar-refractivity contribution in [3.63, 3.8) is 0 Å². The fourth-order valence-electron chi connectivity index (χ4n) is 2.88. The van der Waals surface area contributed by atoms with Gasteiger partial charge in [0.15, 0.2) is 5.65 Å². The minimum atomic E-state index is -1.01. The summed E-state index contributed by atoms with van der Waals surface area (Å²) in [6, 6.07) is 13.8. The molecule has 4 aromatic rings. The number of hydrogen-bond donors (Lipinski definition) is 2. The molecule has 0 aliphatic rings. The Morgan fingerprint density at radius 1 is 1.11 bits per heavy atom. The molecule has 28 heavy (non-hydrogen) atoms. The summed E-state index contributed by atoms with van der Waals surface area (Å²) in [6.07, 6.45) is 0. The van der Waals surface area contributed by atoms with Crippen LogP contribution < -0.4 is 5.32 Å². The highest BCUT2D eigenvalue weighted by molar-refractivity contribution is 7.99. The number of aromatic nitrogens is 4. The number of nitrogens with zero attached hydrogens (tertiary/aromatic N) is 4. The topological polar surface area (TPSA) is 110 Å². The zero-order chi connectivity index (χ0) is 19.7. The lowest BCUT2D eigenvalue weighted by molar-refractivity contribution is -0.113. The highest BCUT2D eigenvalue weighted by atomic mass is 32.2. The number of thioether (sulfide) groups is 1. The fourth-order valence-corrected chi connectivity index (χ4v) is 3.46. The van der Waals surface area contributed by atoms with Crippen molar-refractivity contribution < 1.29 is 14.7 Å². The minimum Gasteiger partial charge on any atom is -0.478 e. The summed E-state index contributed by atoms with van der Waals surface area (Å²) < 4.78 is 1.95. The Hall–Kier alpha value is -3.46. The van der Waals surface area contributed by atoms with Crippen LogP contribution in [0.1, 0.15) is 10.4 Å². The van der Waals surface area contributed by atoms with E-state index in [9.17, 15) is 9.59 Å². The van der Waals surface area contributed by atoms with Crippen LogP contribution in [0.2, 0.25) is 0 Å². The molecule has 0 radical (unpaired) electrons. The molecular formula is C19H15N5O3S. The van der Waals surface area contributed by atoms with Gasteiger partial charge in [-0.2, -0.15) is 0 Å². The van der Waals surface area contributed by atoms with Crippen molar-refractivity contribution in [3.05, 3.63) is 54.1 Å². The second kappa shape index (κ2) is 7.28. The average Bonchev–Trinajstić information content (AvgIpc) is 2.99. The average molecular weight is 393 g/mol. The number of carboxylic acids is 1. The lowest BCUT2D eigenvalue weighted by atomic mass is 10.2. The molecule has 9 heteroatoms.